The minimum absolute atomic E-state index is 0.145. The van der Waals surface area contributed by atoms with E-state index in [0.717, 1.165) is 5.56 Å². The van der Waals surface area contributed by atoms with Crippen molar-refractivity contribution < 1.29 is 17.6 Å². The largest absolute Gasteiger partial charge is 0.352 e. The lowest BCUT2D eigenvalue weighted by Crippen LogP contribution is -2.51. The Morgan fingerprint density at radius 3 is 2.33 bits per heavy atom. The summed E-state index contributed by atoms with van der Waals surface area (Å²) >= 11 is 0. The third kappa shape index (κ3) is 5.65. The number of nitrogens with zero attached hydrogens (tertiary/aromatic N) is 2. The number of hydrogen-bond acceptors (Lipinski definition) is 4. The van der Waals surface area contributed by atoms with Crippen LogP contribution in [0.4, 0.5) is 4.39 Å². The number of piperazine rings is 1. The summed E-state index contributed by atoms with van der Waals surface area (Å²) in [7, 11) is -3.52. The molecular formula is C22H28FN3O3S. The highest BCUT2D eigenvalue weighted by molar-refractivity contribution is 7.89. The number of hydrogen-bond donors (Lipinski definition) is 1. The number of benzene rings is 2. The van der Waals surface area contributed by atoms with Crippen molar-refractivity contribution in [2.75, 3.05) is 32.7 Å². The van der Waals surface area contributed by atoms with Crippen LogP contribution in [0.15, 0.2) is 53.4 Å². The molecule has 1 heterocycles. The fraction of sp³-hybridized carbons (Fsp3) is 0.409. The van der Waals surface area contributed by atoms with Gasteiger partial charge in [0.05, 0.1) is 11.4 Å². The van der Waals surface area contributed by atoms with Crippen LogP contribution in [0.5, 0.6) is 0 Å². The van der Waals surface area contributed by atoms with Gasteiger partial charge in [-0.1, -0.05) is 35.9 Å². The molecule has 6 nitrogen and oxygen atoms in total. The average molecular weight is 434 g/mol. The van der Waals surface area contributed by atoms with Crippen LogP contribution in [-0.2, 0) is 21.2 Å². The zero-order valence-electron chi connectivity index (χ0n) is 17.3. The SMILES string of the molecule is Cc1ccc(S(=O)(=O)N2CCN(CC(=O)NC(C)Cc3ccccc3F)CC2)cc1. The first-order valence-electron chi connectivity index (χ1n) is 10.1. The Kier molecular flexibility index (Phi) is 7.23. The molecule has 0 saturated carbocycles. The Hall–Kier alpha value is -2.29. The van der Waals surface area contributed by atoms with Gasteiger partial charge in [-0.3, -0.25) is 9.69 Å². The summed E-state index contributed by atoms with van der Waals surface area (Å²) in [6.45, 7) is 5.61. The summed E-state index contributed by atoms with van der Waals surface area (Å²) < 4.78 is 40.8. The first-order chi connectivity index (χ1) is 14.3. The highest BCUT2D eigenvalue weighted by Gasteiger charge is 2.29. The second-order valence-electron chi connectivity index (χ2n) is 7.76. The van der Waals surface area contributed by atoms with Gasteiger partial charge in [0.15, 0.2) is 0 Å². The standard InChI is InChI=1S/C22H28FN3O3S/c1-17-7-9-20(10-8-17)30(28,29)26-13-11-25(12-14-26)16-22(27)24-18(2)15-19-5-3-4-6-21(19)23/h3-10,18H,11-16H2,1-2H3,(H,24,27). The normalized spacial score (nSPS) is 16.9. The molecule has 2 aromatic rings. The van der Waals surface area contributed by atoms with E-state index < -0.39 is 10.0 Å². The van der Waals surface area contributed by atoms with Crippen LogP contribution >= 0.6 is 0 Å². The molecule has 0 radical (unpaired) electrons. The molecule has 3 rings (SSSR count). The maximum Gasteiger partial charge on any atom is 0.243 e. The van der Waals surface area contributed by atoms with Crippen molar-refractivity contribution in [2.45, 2.75) is 31.2 Å². The maximum absolute atomic E-state index is 13.8. The van der Waals surface area contributed by atoms with Gasteiger partial charge in [0.25, 0.3) is 0 Å². The molecule has 1 atom stereocenters. The molecule has 0 aliphatic carbocycles. The van der Waals surface area contributed by atoms with Gasteiger partial charge in [0.1, 0.15) is 5.82 Å². The maximum atomic E-state index is 13.8. The fourth-order valence-corrected chi connectivity index (χ4v) is 4.98. The van der Waals surface area contributed by atoms with Gasteiger partial charge in [-0.15, -0.1) is 0 Å². The summed E-state index contributed by atoms with van der Waals surface area (Å²) in [4.78, 5) is 14.6. The highest BCUT2D eigenvalue weighted by Crippen LogP contribution is 2.18. The van der Waals surface area contributed by atoms with Gasteiger partial charge in [-0.2, -0.15) is 4.31 Å². The Morgan fingerprint density at radius 2 is 1.70 bits per heavy atom. The highest BCUT2D eigenvalue weighted by atomic mass is 32.2. The summed E-state index contributed by atoms with van der Waals surface area (Å²) in [6.07, 6.45) is 0.418. The van der Waals surface area contributed by atoms with Crippen molar-refractivity contribution in [1.29, 1.82) is 0 Å². The molecule has 2 aromatic carbocycles. The number of aryl methyl sites for hydroxylation is 1. The first kappa shape index (κ1) is 22.4. The summed E-state index contributed by atoms with van der Waals surface area (Å²) in [6, 6.07) is 13.2. The van der Waals surface area contributed by atoms with Crippen LogP contribution < -0.4 is 5.32 Å². The van der Waals surface area contributed by atoms with E-state index in [1.54, 1.807) is 42.5 Å². The first-order valence-corrected chi connectivity index (χ1v) is 11.5. The molecule has 8 heteroatoms. The summed E-state index contributed by atoms with van der Waals surface area (Å²) in [5.41, 5.74) is 1.58. The molecule has 1 aliphatic heterocycles. The molecule has 0 spiro atoms. The van der Waals surface area contributed by atoms with Gasteiger partial charge in [-0.25, -0.2) is 12.8 Å². The lowest BCUT2D eigenvalue weighted by molar-refractivity contribution is -0.123. The summed E-state index contributed by atoms with van der Waals surface area (Å²) in [5, 5.41) is 2.90. The predicted molar refractivity (Wildman–Crippen MR) is 114 cm³/mol. The van der Waals surface area contributed by atoms with Crippen LogP contribution in [-0.4, -0.2) is 62.3 Å². The minimum atomic E-state index is -3.52. The number of halogens is 1. The van der Waals surface area contributed by atoms with Gasteiger partial charge in [0.2, 0.25) is 15.9 Å². The number of carbonyl (C=O) groups excluding carboxylic acids is 1. The minimum Gasteiger partial charge on any atom is -0.352 e. The van der Waals surface area contributed by atoms with E-state index in [0.29, 0.717) is 43.1 Å². The van der Waals surface area contributed by atoms with Crippen LogP contribution in [0.3, 0.4) is 0 Å². The van der Waals surface area contributed by atoms with Crippen molar-refractivity contribution >= 4 is 15.9 Å². The molecule has 1 amide bonds. The molecule has 1 fully saturated rings. The molecule has 1 unspecified atom stereocenters. The summed E-state index contributed by atoms with van der Waals surface area (Å²) in [5.74, 6) is -0.418. The lowest BCUT2D eigenvalue weighted by atomic mass is 10.1. The van der Waals surface area contributed by atoms with Crippen molar-refractivity contribution in [3.63, 3.8) is 0 Å². The smallest absolute Gasteiger partial charge is 0.243 e. The molecule has 1 aliphatic rings. The van der Waals surface area contributed by atoms with Crippen LogP contribution in [0, 0.1) is 12.7 Å². The lowest BCUT2D eigenvalue weighted by Gasteiger charge is -2.33. The van der Waals surface area contributed by atoms with Crippen LogP contribution in [0.25, 0.3) is 0 Å². The number of nitrogens with one attached hydrogen (secondary N) is 1. The van der Waals surface area contributed by atoms with E-state index in [4.69, 9.17) is 0 Å². The third-order valence-electron chi connectivity index (χ3n) is 5.25. The number of sulfonamides is 1. The van der Waals surface area contributed by atoms with Crippen LogP contribution in [0.2, 0.25) is 0 Å². The third-order valence-corrected chi connectivity index (χ3v) is 7.16. The Labute approximate surface area is 177 Å². The molecular weight excluding hydrogens is 405 g/mol. The van der Waals surface area contributed by atoms with Gasteiger partial charge < -0.3 is 5.32 Å². The fourth-order valence-electron chi connectivity index (χ4n) is 3.56. The number of rotatable bonds is 7. The molecule has 30 heavy (non-hydrogen) atoms. The Balaban J connectivity index is 1.47. The zero-order chi connectivity index (χ0) is 21.7. The van der Waals surface area contributed by atoms with E-state index in [-0.39, 0.29) is 24.3 Å². The molecule has 0 aromatic heterocycles. The monoisotopic (exact) mass is 433 g/mol. The second kappa shape index (κ2) is 9.68. The van der Waals surface area contributed by atoms with Crippen molar-refractivity contribution in [3.8, 4) is 0 Å². The quantitative estimate of drug-likeness (QED) is 0.727. The van der Waals surface area contributed by atoms with E-state index in [1.165, 1.54) is 10.4 Å². The topological polar surface area (TPSA) is 69.7 Å². The Morgan fingerprint density at radius 1 is 1.07 bits per heavy atom. The van der Waals surface area contributed by atoms with E-state index in [1.807, 2.05) is 18.7 Å². The predicted octanol–water partition coefficient (Wildman–Crippen LogP) is 2.19. The van der Waals surface area contributed by atoms with Crippen molar-refractivity contribution in [2.24, 2.45) is 0 Å². The van der Waals surface area contributed by atoms with Crippen LogP contribution in [0.1, 0.15) is 18.1 Å². The van der Waals surface area contributed by atoms with E-state index in [9.17, 15) is 17.6 Å². The zero-order valence-corrected chi connectivity index (χ0v) is 18.2. The van der Waals surface area contributed by atoms with Gasteiger partial charge in [0, 0.05) is 32.2 Å². The van der Waals surface area contributed by atoms with Gasteiger partial charge >= 0.3 is 0 Å². The molecule has 1 N–H and O–H groups in total. The van der Waals surface area contributed by atoms with Crippen molar-refractivity contribution in [3.05, 3.63) is 65.5 Å². The van der Waals surface area contributed by atoms with Crippen molar-refractivity contribution in [1.82, 2.24) is 14.5 Å². The number of amides is 1. The molecule has 162 valence electrons. The van der Waals surface area contributed by atoms with Gasteiger partial charge in [-0.05, 0) is 44.0 Å². The molecule has 1 saturated heterocycles. The average Bonchev–Trinajstić information content (AvgIpc) is 2.70. The number of carbonyl (C=O) groups is 1. The Bertz CT molecular complexity index is 971. The molecule has 0 bridgehead atoms. The second-order valence-corrected chi connectivity index (χ2v) is 9.70. The van der Waals surface area contributed by atoms with E-state index >= 15 is 0 Å². The van der Waals surface area contributed by atoms with E-state index in [2.05, 4.69) is 5.32 Å².